The smallest absolute Gasteiger partial charge is 0.134 e. The fourth-order valence-corrected chi connectivity index (χ4v) is 1.21. The van der Waals surface area contributed by atoms with Crippen molar-refractivity contribution in [3.63, 3.8) is 0 Å². The number of nitrogens with two attached hydrogens (primary N) is 1. The predicted molar refractivity (Wildman–Crippen MR) is 68.5 cm³/mol. The van der Waals surface area contributed by atoms with Gasteiger partial charge in [0.2, 0.25) is 0 Å². The van der Waals surface area contributed by atoms with Crippen LogP contribution in [0, 0.1) is 19.3 Å². The van der Waals surface area contributed by atoms with Crippen LogP contribution in [0.4, 0.5) is 11.6 Å². The van der Waals surface area contributed by atoms with E-state index in [0.717, 1.165) is 11.4 Å². The summed E-state index contributed by atoms with van der Waals surface area (Å²) in [5.74, 6) is 2.09. The van der Waals surface area contributed by atoms with Crippen LogP contribution in [-0.2, 0) is 0 Å². The molecule has 90 valence electrons. The first kappa shape index (κ1) is 12.7. The molecule has 4 heteroatoms. The fraction of sp³-hybridized carbons (Fsp3) is 0.667. The molecule has 1 aromatic rings. The molecule has 4 nitrogen and oxygen atoms in total. The van der Waals surface area contributed by atoms with Crippen LogP contribution >= 0.6 is 0 Å². The number of nitrogens with zero attached hydrogens (tertiary/aromatic N) is 2. The van der Waals surface area contributed by atoms with Crippen LogP contribution < -0.4 is 11.1 Å². The molecule has 0 aromatic carbocycles. The third-order valence-corrected chi connectivity index (χ3v) is 2.95. The molecule has 0 aliphatic heterocycles. The van der Waals surface area contributed by atoms with Crippen LogP contribution in [0.2, 0.25) is 0 Å². The van der Waals surface area contributed by atoms with Gasteiger partial charge in [-0.05, 0) is 26.2 Å². The van der Waals surface area contributed by atoms with Gasteiger partial charge < -0.3 is 11.1 Å². The number of hydrogen-bond donors (Lipinski definition) is 2. The van der Waals surface area contributed by atoms with Gasteiger partial charge in [-0.3, -0.25) is 0 Å². The normalized spacial score (nSPS) is 13.6. The minimum Gasteiger partial charge on any atom is -0.383 e. The highest BCUT2D eigenvalue weighted by atomic mass is 15.1. The summed E-state index contributed by atoms with van der Waals surface area (Å²) < 4.78 is 0. The molecule has 0 bridgehead atoms. The molecule has 0 fully saturated rings. The van der Waals surface area contributed by atoms with E-state index in [1.165, 1.54) is 0 Å². The number of rotatable bonds is 2. The first-order chi connectivity index (χ1) is 7.21. The Morgan fingerprint density at radius 1 is 1.19 bits per heavy atom. The second-order valence-electron chi connectivity index (χ2n) is 5.36. The molecule has 3 N–H and O–H groups in total. The Hall–Kier alpha value is -1.32. The van der Waals surface area contributed by atoms with Crippen molar-refractivity contribution in [3.8, 4) is 0 Å². The molecule has 0 amide bonds. The van der Waals surface area contributed by atoms with E-state index >= 15 is 0 Å². The molecular weight excluding hydrogens is 200 g/mol. The molecule has 0 aliphatic carbocycles. The van der Waals surface area contributed by atoms with E-state index in [-0.39, 0.29) is 5.41 Å². The monoisotopic (exact) mass is 222 g/mol. The Morgan fingerprint density at radius 2 is 1.75 bits per heavy atom. The number of nitrogens with one attached hydrogen (secondary N) is 1. The highest BCUT2D eigenvalue weighted by Gasteiger charge is 2.21. The summed E-state index contributed by atoms with van der Waals surface area (Å²) in [5, 5.41) is 3.40. The average molecular weight is 222 g/mol. The number of anilines is 2. The second-order valence-corrected chi connectivity index (χ2v) is 5.36. The summed E-state index contributed by atoms with van der Waals surface area (Å²) in [6.07, 6.45) is 0. The topological polar surface area (TPSA) is 63.8 Å². The number of aromatic nitrogens is 2. The third-order valence-electron chi connectivity index (χ3n) is 2.95. The lowest BCUT2D eigenvalue weighted by Gasteiger charge is -2.29. The van der Waals surface area contributed by atoms with Crippen molar-refractivity contribution in [1.29, 1.82) is 0 Å². The molecule has 16 heavy (non-hydrogen) atoms. The highest BCUT2D eigenvalue weighted by Crippen LogP contribution is 2.24. The SMILES string of the molecule is Cc1nc(N)c(C)c(NC(C)C(C)(C)C)n1. The van der Waals surface area contributed by atoms with Gasteiger partial charge in [0.1, 0.15) is 17.5 Å². The summed E-state index contributed by atoms with van der Waals surface area (Å²) >= 11 is 0. The Morgan fingerprint density at radius 3 is 2.25 bits per heavy atom. The quantitative estimate of drug-likeness (QED) is 0.807. The molecule has 0 spiro atoms. The number of nitrogen functional groups attached to an aromatic ring is 1. The largest absolute Gasteiger partial charge is 0.383 e. The molecule has 0 saturated carbocycles. The third kappa shape index (κ3) is 2.84. The second kappa shape index (κ2) is 4.28. The van der Waals surface area contributed by atoms with Crippen molar-refractivity contribution in [2.24, 2.45) is 5.41 Å². The summed E-state index contributed by atoms with van der Waals surface area (Å²) in [6, 6.07) is 0.319. The van der Waals surface area contributed by atoms with Crippen molar-refractivity contribution < 1.29 is 0 Å². The van der Waals surface area contributed by atoms with Crippen LogP contribution in [-0.4, -0.2) is 16.0 Å². The lowest BCUT2D eigenvalue weighted by atomic mass is 9.88. The molecule has 1 atom stereocenters. The molecule has 0 aliphatic rings. The molecule has 0 saturated heterocycles. The Kier molecular flexibility index (Phi) is 3.41. The lowest BCUT2D eigenvalue weighted by Crippen LogP contribution is -2.31. The molecule has 1 unspecified atom stereocenters. The molecule has 1 aromatic heterocycles. The molecule has 0 radical (unpaired) electrons. The van der Waals surface area contributed by atoms with Gasteiger partial charge in [-0.25, -0.2) is 9.97 Å². The van der Waals surface area contributed by atoms with Gasteiger partial charge in [0.15, 0.2) is 0 Å². The Balaban J connectivity index is 2.98. The van der Waals surface area contributed by atoms with Crippen molar-refractivity contribution in [2.45, 2.75) is 47.6 Å². The fourth-order valence-electron chi connectivity index (χ4n) is 1.21. The highest BCUT2D eigenvalue weighted by molar-refractivity contribution is 5.55. The lowest BCUT2D eigenvalue weighted by molar-refractivity contribution is 0.358. The maximum Gasteiger partial charge on any atom is 0.134 e. The van der Waals surface area contributed by atoms with Crippen LogP contribution in [0.5, 0.6) is 0 Å². The van der Waals surface area contributed by atoms with Crippen molar-refractivity contribution in [3.05, 3.63) is 11.4 Å². The zero-order chi connectivity index (χ0) is 12.5. The maximum atomic E-state index is 5.82. The average Bonchev–Trinajstić information content (AvgIpc) is 2.11. The zero-order valence-electron chi connectivity index (χ0n) is 11.0. The van der Waals surface area contributed by atoms with E-state index in [0.29, 0.717) is 17.7 Å². The van der Waals surface area contributed by atoms with E-state index < -0.39 is 0 Å². The van der Waals surface area contributed by atoms with Crippen LogP contribution in [0.1, 0.15) is 39.1 Å². The van der Waals surface area contributed by atoms with Gasteiger partial charge >= 0.3 is 0 Å². The Bertz CT molecular complexity index is 379. The van der Waals surface area contributed by atoms with Crippen LogP contribution in [0.25, 0.3) is 0 Å². The van der Waals surface area contributed by atoms with Gasteiger partial charge in [-0.1, -0.05) is 20.8 Å². The first-order valence-corrected chi connectivity index (χ1v) is 5.59. The minimum absolute atomic E-state index is 0.181. The van der Waals surface area contributed by atoms with Crippen LogP contribution in [0.3, 0.4) is 0 Å². The van der Waals surface area contributed by atoms with E-state index in [1.807, 2.05) is 13.8 Å². The molecule has 1 heterocycles. The predicted octanol–water partition coefficient (Wildman–Crippen LogP) is 2.52. The molecular formula is C12H22N4. The standard InChI is InChI=1S/C12H22N4/c1-7-10(13)15-9(3)16-11(7)14-8(2)12(4,5)6/h8H,1-6H3,(H3,13,14,15,16). The van der Waals surface area contributed by atoms with Crippen molar-refractivity contribution in [1.82, 2.24) is 9.97 Å². The summed E-state index contributed by atoms with van der Waals surface area (Å²) in [6.45, 7) is 12.5. The number of aryl methyl sites for hydroxylation is 1. The van der Waals surface area contributed by atoms with Gasteiger partial charge in [0.05, 0.1) is 0 Å². The van der Waals surface area contributed by atoms with Crippen molar-refractivity contribution >= 4 is 11.6 Å². The summed E-state index contributed by atoms with van der Waals surface area (Å²) in [4.78, 5) is 8.51. The van der Waals surface area contributed by atoms with Gasteiger partial charge in [-0.2, -0.15) is 0 Å². The Labute approximate surface area is 97.7 Å². The zero-order valence-corrected chi connectivity index (χ0v) is 11.0. The minimum atomic E-state index is 0.181. The molecule has 1 rings (SSSR count). The van der Waals surface area contributed by atoms with Crippen LogP contribution in [0.15, 0.2) is 0 Å². The number of hydrogen-bond acceptors (Lipinski definition) is 4. The van der Waals surface area contributed by atoms with E-state index in [4.69, 9.17) is 5.73 Å². The summed E-state index contributed by atoms with van der Waals surface area (Å²) in [5.41, 5.74) is 6.91. The summed E-state index contributed by atoms with van der Waals surface area (Å²) in [7, 11) is 0. The van der Waals surface area contributed by atoms with E-state index in [9.17, 15) is 0 Å². The van der Waals surface area contributed by atoms with E-state index in [2.05, 4.69) is 43.0 Å². The van der Waals surface area contributed by atoms with Gasteiger partial charge in [-0.15, -0.1) is 0 Å². The maximum absolute atomic E-state index is 5.82. The van der Waals surface area contributed by atoms with Gasteiger partial charge in [0, 0.05) is 11.6 Å². The van der Waals surface area contributed by atoms with Gasteiger partial charge in [0.25, 0.3) is 0 Å². The van der Waals surface area contributed by atoms with Crippen molar-refractivity contribution in [2.75, 3.05) is 11.1 Å². The van der Waals surface area contributed by atoms with E-state index in [1.54, 1.807) is 0 Å². The first-order valence-electron chi connectivity index (χ1n) is 5.59.